The number of benzene rings is 3. The lowest BCUT2D eigenvalue weighted by molar-refractivity contribution is -0.138. The van der Waals surface area contributed by atoms with Crippen LogP contribution in [0.5, 0.6) is 23.0 Å². The summed E-state index contributed by atoms with van der Waals surface area (Å²) in [4.78, 5) is 33.7. The van der Waals surface area contributed by atoms with Gasteiger partial charge in [0.1, 0.15) is 11.5 Å². The van der Waals surface area contributed by atoms with Gasteiger partial charge in [0.15, 0.2) is 11.5 Å². The maximum Gasteiger partial charge on any atom is 0.228 e. The minimum absolute atomic E-state index is 0.0278. The molecule has 0 N–H and O–H groups in total. The maximum atomic E-state index is 14.2. The topological polar surface area (TPSA) is 80.8 Å². The number of rotatable bonds is 8. The van der Waals surface area contributed by atoms with E-state index in [-0.39, 0.29) is 18.2 Å². The zero-order valence-electron chi connectivity index (χ0n) is 24.0. The van der Waals surface area contributed by atoms with Crippen molar-refractivity contribution in [2.24, 2.45) is 5.92 Å². The highest BCUT2D eigenvalue weighted by molar-refractivity contribution is 5.97. The third-order valence-electron chi connectivity index (χ3n) is 8.03. The normalized spacial score (nSPS) is 19.1. The Balaban J connectivity index is 1.46. The molecule has 2 aliphatic rings. The first-order chi connectivity index (χ1) is 20.0. The van der Waals surface area contributed by atoms with E-state index in [1.54, 1.807) is 33.3 Å². The predicted octanol–water partition coefficient (Wildman–Crippen LogP) is 4.55. The smallest absolute Gasteiger partial charge is 0.228 e. The standard InChI is InChI=1S/C32H37N3O6/c1-38-24-12-10-23(11-13-24)35-30(36)16-14-25(31(35)22-9-15-28(40-3)29(21-22)41-4)32(37)34-19-17-33(18-20-34)26-7-5-6-8-27(26)39-2/h5-13,15,21,25,31H,14,16-20H2,1-4H3/t25-,31-/m0/s1. The van der Waals surface area contributed by atoms with Crippen molar-refractivity contribution in [3.8, 4) is 23.0 Å². The third kappa shape index (κ3) is 5.62. The molecule has 0 radical (unpaired) electrons. The minimum atomic E-state index is -0.510. The number of carbonyl (C=O) groups excluding carboxylic acids is 2. The summed E-state index contributed by atoms with van der Waals surface area (Å²) in [5.74, 6) is 2.25. The van der Waals surface area contributed by atoms with Crippen LogP contribution in [0.25, 0.3) is 0 Å². The molecule has 3 aromatic carbocycles. The van der Waals surface area contributed by atoms with Gasteiger partial charge in [0.05, 0.1) is 46.1 Å². The summed E-state index contributed by atoms with van der Waals surface area (Å²) in [5.41, 5.74) is 2.56. The summed E-state index contributed by atoms with van der Waals surface area (Å²) in [6.07, 6.45) is 0.753. The number of hydrogen-bond donors (Lipinski definition) is 0. The first-order valence-corrected chi connectivity index (χ1v) is 13.8. The highest BCUT2D eigenvalue weighted by Gasteiger charge is 2.43. The predicted molar refractivity (Wildman–Crippen MR) is 157 cm³/mol. The van der Waals surface area contributed by atoms with Crippen molar-refractivity contribution in [1.82, 2.24) is 4.90 Å². The van der Waals surface area contributed by atoms with Crippen LogP contribution in [-0.2, 0) is 9.59 Å². The fraction of sp³-hybridized carbons (Fsp3) is 0.375. The summed E-state index contributed by atoms with van der Waals surface area (Å²) in [6, 6.07) is 20.4. The molecule has 0 aliphatic carbocycles. The molecule has 0 saturated carbocycles. The van der Waals surface area contributed by atoms with Crippen molar-refractivity contribution in [2.75, 3.05) is 64.4 Å². The Kier molecular flexibility index (Phi) is 8.52. The Morgan fingerprint density at radius 2 is 1.44 bits per heavy atom. The second-order valence-electron chi connectivity index (χ2n) is 10.2. The number of para-hydroxylation sites is 2. The minimum Gasteiger partial charge on any atom is -0.497 e. The van der Waals surface area contributed by atoms with Gasteiger partial charge in [-0.15, -0.1) is 0 Å². The Morgan fingerprint density at radius 1 is 0.756 bits per heavy atom. The van der Waals surface area contributed by atoms with Gasteiger partial charge >= 0.3 is 0 Å². The van der Waals surface area contributed by atoms with E-state index in [1.807, 2.05) is 71.6 Å². The quantitative estimate of drug-likeness (QED) is 0.401. The first kappa shape index (κ1) is 28.1. The average Bonchev–Trinajstić information content (AvgIpc) is 3.04. The molecule has 0 aromatic heterocycles. The summed E-state index contributed by atoms with van der Waals surface area (Å²) in [7, 11) is 6.45. The number of ether oxygens (including phenoxy) is 4. The van der Waals surface area contributed by atoms with Gasteiger partial charge in [0.2, 0.25) is 11.8 Å². The lowest BCUT2D eigenvalue weighted by atomic mass is 9.82. The largest absolute Gasteiger partial charge is 0.497 e. The molecule has 3 aromatic rings. The number of nitrogens with zero attached hydrogens (tertiary/aromatic N) is 3. The SMILES string of the molecule is COc1ccc(N2C(=O)CC[C@H](C(=O)N3CCN(c4ccccc4OC)CC3)[C@@H]2c2ccc(OC)c(OC)c2)cc1. The van der Waals surface area contributed by atoms with Crippen LogP contribution in [0.4, 0.5) is 11.4 Å². The molecule has 2 fully saturated rings. The van der Waals surface area contributed by atoms with Crippen molar-refractivity contribution in [3.05, 3.63) is 72.3 Å². The van der Waals surface area contributed by atoms with Crippen LogP contribution >= 0.6 is 0 Å². The fourth-order valence-corrected chi connectivity index (χ4v) is 5.91. The van der Waals surface area contributed by atoms with Gasteiger partial charge in [-0.2, -0.15) is 0 Å². The number of amides is 2. The van der Waals surface area contributed by atoms with E-state index in [0.29, 0.717) is 55.5 Å². The van der Waals surface area contributed by atoms with Crippen molar-refractivity contribution < 1.29 is 28.5 Å². The lowest BCUT2D eigenvalue weighted by Crippen LogP contribution is -2.54. The van der Waals surface area contributed by atoms with E-state index in [1.165, 1.54) is 0 Å². The van der Waals surface area contributed by atoms with Crippen molar-refractivity contribution in [3.63, 3.8) is 0 Å². The van der Waals surface area contributed by atoms with Gasteiger partial charge in [0, 0.05) is 38.3 Å². The molecule has 216 valence electrons. The molecule has 2 amide bonds. The Bertz CT molecular complexity index is 1370. The van der Waals surface area contributed by atoms with Gasteiger partial charge in [-0.1, -0.05) is 18.2 Å². The second kappa shape index (κ2) is 12.4. The highest BCUT2D eigenvalue weighted by Crippen LogP contribution is 2.43. The van der Waals surface area contributed by atoms with Crippen molar-refractivity contribution in [2.45, 2.75) is 18.9 Å². The Hall–Kier alpha value is -4.40. The van der Waals surface area contributed by atoms with E-state index in [0.717, 1.165) is 17.0 Å². The van der Waals surface area contributed by atoms with Crippen LogP contribution in [0.2, 0.25) is 0 Å². The fourth-order valence-electron chi connectivity index (χ4n) is 5.91. The molecule has 2 atom stereocenters. The molecule has 0 unspecified atom stereocenters. The Morgan fingerprint density at radius 3 is 2.10 bits per heavy atom. The Labute approximate surface area is 241 Å². The number of methoxy groups -OCH3 is 4. The first-order valence-electron chi connectivity index (χ1n) is 13.8. The molecular weight excluding hydrogens is 522 g/mol. The molecule has 9 heteroatoms. The molecule has 2 aliphatic heterocycles. The van der Waals surface area contributed by atoms with Gasteiger partial charge in [-0.05, 0) is 60.5 Å². The third-order valence-corrected chi connectivity index (χ3v) is 8.03. The van der Waals surface area contributed by atoms with Gasteiger partial charge < -0.3 is 33.6 Å². The van der Waals surface area contributed by atoms with Crippen LogP contribution in [0, 0.1) is 5.92 Å². The van der Waals surface area contributed by atoms with Crippen LogP contribution in [0.3, 0.4) is 0 Å². The van der Waals surface area contributed by atoms with E-state index in [2.05, 4.69) is 4.90 Å². The van der Waals surface area contributed by atoms with Crippen LogP contribution < -0.4 is 28.7 Å². The molecule has 5 rings (SSSR count). The van der Waals surface area contributed by atoms with E-state index < -0.39 is 12.0 Å². The van der Waals surface area contributed by atoms with Crippen LogP contribution in [0.15, 0.2) is 66.7 Å². The molecular formula is C32H37N3O6. The van der Waals surface area contributed by atoms with Gasteiger partial charge in [0.25, 0.3) is 0 Å². The number of piperazine rings is 1. The molecule has 0 spiro atoms. The monoisotopic (exact) mass is 559 g/mol. The highest BCUT2D eigenvalue weighted by atomic mass is 16.5. The molecule has 2 saturated heterocycles. The summed E-state index contributed by atoms with van der Waals surface area (Å²) in [6.45, 7) is 2.56. The molecule has 41 heavy (non-hydrogen) atoms. The van der Waals surface area contributed by atoms with E-state index >= 15 is 0 Å². The van der Waals surface area contributed by atoms with Gasteiger partial charge in [-0.25, -0.2) is 0 Å². The molecule has 9 nitrogen and oxygen atoms in total. The second-order valence-corrected chi connectivity index (χ2v) is 10.2. The van der Waals surface area contributed by atoms with E-state index in [9.17, 15) is 9.59 Å². The van der Waals surface area contributed by atoms with Crippen LogP contribution in [-0.4, -0.2) is 71.3 Å². The van der Waals surface area contributed by atoms with Gasteiger partial charge in [-0.3, -0.25) is 9.59 Å². The summed E-state index contributed by atoms with van der Waals surface area (Å²) >= 11 is 0. The zero-order chi connectivity index (χ0) is 28.9. The zero-order valence-corrected chi connectivity index (χ0v) is 24.0. The molecule has 0 bridgehead atoms. The molecule has 2 heterocycles. The number of hydrogen-bond acceptors (Lipinski definition) is 7. The number of anilines is 2. The van der Waals surface area contributed by atoms with Crippen molar-refractivity contribution in [1.29, 1.82) is 0 Å². The summed E-state index contributed by atoms with van der Waals surface area (Å²) in [5, 5.41) is 0. The van der Waals surface area contributed by atoms with Crippen molar-refractivity contribution >= 4 is 23.2 Å². The number of piperidine rings is 1. The number of carbonyl (C=O) groups is 2. The summed E-state index contributed by atoms with van der Waals surface area (Å²) < 4.78 is 22.0. The van der Waals surface area contributed by atoms with Crippen LogP contribution in [0.1, 0.15) is 24.4 Å². The average molecular weight is 560 g/mol. The maximum absolute atomic E-state index is 14.2. The lowest BCUT2D eigenvalue weighted by Gasteiger charge is -2.44. The van der Waals surface area contributed by atoms with E-state index in [4.69, 9.17) is 18.9 Å².